The summed E-state index contributed by atoms with van der Waals surface area (Å²) in [6.07, 6.45) is 1.96. The summed E-state index contributed by atoms with van der Waals surface area (Å²) in [6.45, 7) is 9.35. The topological polar surface area (TPSA) is 73.3 Å². The molecule has 1 saturated heterocycles. The Morgan fingerprint density at radius 3 is 2.31 bits per heavy atom. The highest BCUT2D eigenvalue weighted by molar-refractivity contribution is 7.60. The van der Waals surface area contributed by atoms with Gasteiger partial charge in [-0.1, -0.05) is 6.08 Å². The summed E-state index contributed by atoms with van der Waals surface area (Å²) in [6, 6.07) is 0. The first kappa shape index (κ1) is 12.3. The summed E-state index contributed by atoms with van der Waals surface area (Å²) in [7, 11) is -2.61. The summed E-state index contributed by atoms with van der Waals surface area (Å²) in [5.41, 5.74) is 0. The van der Waals surface area contributed by atoms with Crippen LogP contribution in [-0.2, 0) is 10.5 Å². The van der Waals surface area contributed by atoms with E-state index in [1.165, 1.54) is 13.1 Å². The highest BCUT2D eigenvalue weighted by Crippen LogP contribution is 1.89. The standard InChI is InChI=1S/C7H14N2.HNO2S/c1-2-5-9-6-3-8-4-7-9;1-4(2)3/h2,8H,1,3-7H2;1H. The molecule has 0 aliphatic carbocycles. The van der Waals surface area contributed by atoms with Crippen LogP contribution >= 0.6 is 0 Å². The molecule has 1 fully saturated rings. The zero-order valence-corrected chi connectivity index (χ0v) is 8.31. The Kier molecular flexibility index (Phi) is 7.47. The molecule has 1 heterocycles. The summed E-state index contributed by atoms with van der Waals surface area (Å²) in [5.74, 6) is 0. The molecular formula is C7H15N3O2S. The molecule has 76 valence electrons. The predicted molar refractivity (Wildman–Crippen MR) is 51.1 cm³/mol. The lowest BCUT2D eigenvalue weighted by Gasteiger charge is -2.25. The maximum atomic E-state index is 8.67. The third kappa shape index (κ3) is 9.19. The van der Waals surface area contributed by atoms with Crippen LogP contribution in [0.5, 0.6) is 0 Å². The highest BCUT2D eigenvalue weighted by Gasteiger charge is 2.05. The summed E-state index contributed by atoms with van der Waals surface area (Å²) in [4.78, 5) is 2.39. The molecule has 2 N–H and O–H groups in total. The molecule has 0 unspecified atom stereocenters. The Morgan fingerprint density at radius 1 is 1.46 bits per heavy atom. The maximum absolute atomic E-state index is 8.67. The molecular weight excluding hydrogens is 190 g/mol. The molecule has 0 radical (unpaired) electrons. The molecule has 0 bridgehead atoms. The van der Waals surface area contributed by atoms with Gasteiger partial charge in [-0.05, 0) is 0 Å². The quantitative estimate of drug-likeness (QED) is 0.607. The largest absolute Gasteiger partial charge is 0.314 e. The number of piperazine rings is 1. The van der Waals surface area contributed by atoms with Crippen molar-refractivity contribution >= 4 is 10.5 Å². The van der Waals surface area contributed by atoms with Gasteiger partial charge in [0, 0.05) is 32.7 Å². The van der Waals surface area contributed by atoms with E-state index in [9.17, 15) is 0 Å². The first-order valence-corrected chi connectivity index (χ1v) is 5.08. The van der Waals surface area contributed by atoms with Crippen molar-refractivity contribution in [1.29, 1.82) is 4.78 Å². The molecule has 0 aromatic rings. The van der Waals surface area contributed by atoms with Gasteiger partial charge in [-0.15, -0.1) is 6.58 Å². The number of nitrogens with one attached hydrogen (secondary N) is 2. The number of rotatable bonds is 2. The molecule has 13 heavy (non-hydrogen) atoms. The third-order valence-corrected chi connectivity index (χ3v) is 1.60. The highest BCUT2D eigenvalue weighted by atomic mass is 32.2. The van der Waals surface area contributed by atoms with Crippen molar-refractivity contribution in [3.8, 4) is 0 Å². The zero-order chi connectivity index (χ0) is 10.1. The van der Waals surface area contributed by atoms with Gasteiger partial charge in [0.15, 0.2) is 0 Å². The Balaban J connectivity index is 0.000000310. The van der Waals surface area contributed by atoms with E-state index in [4.69, 9.17) is 13.2 Å². The lowest BCUT2D eigenvalue weighted by molar-refractivity contribution is 0.265. The van der Waals surface area contributed by atoms with Gasteiger partial charge < -0.3 is 5.32 Å². The van der Waals surface area contributed by atoms with Gasteiger partial charge in [-0.2, -0.15) is 13.2 Å². The molecule has 0 spiro atoms. The molecule has 6 heteroatoms. The van der Waals surface area contributed by atoms with Crippen molar-refractivity contribution in [3.05, 3.63) is 12.7 Å². The first-order chi connectivity index (χ1) is 6.16. The Hall–Kier alpha value is -0.720. The average Bonchev–Trinajstić information content (AvgIpc) is 2.06. The van der Waals surface area contributed by atoms with E-state index in [1.54, 1.807) is 0 Å². The lowest BCUT2D eigenvalue weighted by Crippen LogP contribution is -2.43. The van der Waals surface area contributed by atoms with Crippen molar-refractivity contribution in [3.63, 3.8) is 0 Å². The molecule has 1 aliphatic heterocycles. The number of nitrogens with zero attached hydrogens (tertiary/aromatic N) is 1. The van der Waals surface area contributed by atoms with Crippen LogP contribution in [0.3, 0.4) is 0 Å². The monoisotopic (exact) mass is 205 g/mol. The fourth-order valence-corrected chi connectivity index (χ4v) is 1.08. The van der Waals surface area contributed by atoms with Crippen molar-refractivity contribution in [2.24, 2.45) is 0 Å². The van der Waals surface area contributed by atoms with Crippen LogP contribution in [0.15, 0.2) is 12.7 Å². The van der Waals surface area contributed by atoms with Gasteiger partial charge >= 0.3 is 10.5 Å². The fraction of sp³-hybridized carbons (Fsp3) is 0.714. The minimum atomic E-state index is -2.61. The van der Waals surface area contributed by atoms with E-state index in [2.05, 4.69) is 16.8 Å². The maximum Gasteiger partial charge on any atom is 0.308 e. The average molecular weight is 205 g/mol. The fourth-order valence-electron chi connectivity index (χ4n) is 1.08. The predicted octanol–water partition coefficient (Wildman–Crippen LogP) is -0.295. The molecule has 0 saturated carbocycles. The number of hydrogen-bond acceptors (Lipinski definition) is 5. The second kappa shape index (κ2) is 7.90. The molecule has 5 nitrogen and oxygen atoms in total. The summed E-state index contributed by atoms with van der Waals surface area (Å²) >= 11 is 0. The van der Waals surface area contributed by atoms with E-state index >= 15 is 0 Å². The van der Waals surface area contributed by atoms with Gasteiger partial charge in [0.2, 0.25) is 0 Å². The molecule has 0 aromatic carbocycles. The van der Waals surface area contributed by atoms with Crippen LogP contribution in [-0.4, -0.2) is 46.0 Å². The second-order valence-electron chi connectivity index (χ2n) is 2.57. The Morgan fingerprint density at radius 2 is 1.92 bits per heavy atom. The van der Waals surface area contributed by atoms with Crippen molar-refractivity contribution in [1.82, 2.24) is 10.2 Å². The van der Waals surface area contributed by atoms with E-state index in [0.717, 1.165) is 19.6 Å². The molecule has 1 rings (SSSR count). The Bertz CT molecular complexity index is 223. The van der Waals surface area contributed by atoms with Gasteiger partial charge in [0.1, 0.15) is 0 Å². The molecule has 1 aliphatic rings. The van der Waals surface area contributed by atoms with E-state index in [1.807, 2.05) is 6.08 Å². The van der Waals surface area contributed by atoms with Crippen LogP contribution < -0.4 is 5.32 Å². The first-order valence-electron chi connectivity index (χ1n) is 4.01. The Labute approximate surface area is 79.9 Å². The molecule has 0 atom stereocenters. The number of hydrogen-bond donors (Lipinski definition) is 2. The molecule has 0 aromatic heterocycles. The smallest absolute Gasteiger partial charge is 0.308 e. The van der Waals surface area contributed by atoms with Gasteiger partial charge in [-0.3, -0.25) is 4.90 Å². The minimum Gasteiger partial charge on any atom is -0.314 e. The SMILES string of the molecule is C=CCN1CCNCC1.N=S(=O)=O. The van der Waals surface area contributed by atoms with E-state index in [-0.39, 0.29) is 0 Å². The van der Waals surface area contributed by atoms with Crippen molar-refractivity contribution < 1.29 is 8.42 Å². The zero-order valence-electron chi connectivity index (χ0n) is 7.49. The van der Waals surface area contributed by atoms with E-state index < -0.39 is 10.5 Å². The van der Waals surface area contributed by atoms with E-state index in [0.29, 0.717) is 0 Å². The van der Waals surface area contributed by atoms with Gasteiger partial charge in [-0.25, -0.2) is 0 Å². The third-order valence-electron chi connectivity index (χ3n) is 1.60. The van der Waals surface area contributed by atoms with Crippen LogP contribution in [0.25, 0.3) is 0 Å². The lowest BCUT2D eigenvalue weighted by atomic mass is 10.3. The van der Waals surface area contributed by atoms with Crippen LogP contribution in [0, 0.1) is 4.78 Å². The van der Waals surface area contributed by atoms with Gasteiger partial charge in [0.25, 0.3) is 0 Å². The summed E-state index contributed by atoms with van der Waals surface area (Å²) < 4.78 is 22.8. The van der Waals surface area contributed by atoms with Crippen molar-refractivity contribution in [2.75, 3.05) is 32.7 Å². The summed E-state index contributed by atoms with van der Waals surface area (Å²) in [5, 5.41) is 3.30. The normalized spacial score (nSPS) is 16.9. The van der Waals surface area contributed by atoms with Crippen LogP contribution in [0.2, 0.25) is 0 Å². The minimum absolute atomic E-state index is 1.04. The van der Waals surface area contributed by atoms with Crippen LogP contribution in [0.1, 0.15) is 0 Å². The van der Waals surface area contributed by atoms with Gasteiger partial charge in [0.05, 0.1) is 0 Å². The molecule has 0 amide bonds. The second-order valence-corrected chi connectivity index (χ2v) is 3.04. The van der Waals surface area contributed by atoms with Crippen molar-refractivity contribution in [2.45, 2.75) is 0 Å². The van der Waals surface area contributed by atoms with Crippen LogP contribution in [0.4, 0.5) is 0 Å².